The van der Waals surface area contributed by atoms with Crippen molar-refractivity contribution in [2.75, 3.05) is 25.4 Å². The lowest BCUT2D eigenvalue weighted by molar-refractivity contribution is -0.103. The Kier molecular flexibility index (Phi) is 3.69. The van der Waals surface area contributed by atoms with Gasteiger partial charge in [-0.2, -0.15) is 12.6 Å². The van der Waals surface area contributed by atoms with E-state index < -0.39 is 0 Å². The first-order valence-corrected chi connectivity index (χ1v) is 7.93. The van der Waals surface area contributed by atoms with E-state index in [1.165, 1.54) is 51.5 Å². The Balaban J connectivity index is 1.64. The van der Waals surface area contributed by atoms with Crippen molar-refractivity contribution in [1.29, 1.82) is 0 Å². The topological polar surface area (TPSA) is 12.5 Å². The van der Waals surface area contributed by atoms with E-state index >= 15 is 0 Å². The number of thiol groups is 1. The van der Waals surface area contributed by atoms with Crippen LogP contribution in [-0.4, -0.2) is 42.5 Å². The van der Waals surface area contributed by atoms with Crippen molar-refractivity contribution in [3.8, 4) is 0 Å². The Morgan fingerprint density at radius 1 is 1.18 bits per heavy atom. The molecule has 3 fully saturated rings. The van der Waals surface area contributed by atoms with Crippen LogP contribution in [0.5, 0.6) is 0 Å². The lowest BCUT2D eigenvalue weighted by atomic mass is 9.69. The van der Waals surface area contributed by atoms with E-state index in [1.807, 2.05) is 0 Å². The van der Waals surface area contributed by atoms with E-state index in [1.54, 1.807) is 0 Å². The summed E-state index contributed by atoms with van der Waals surface area (Å²) >= 11 is 4.59. The standard InChI is InChI=1S/C14H25NOS/c17-11-14(6-3-7-14)10-15-8-9-16-13-5-2-1-4-12(13)15/h12-13,17H,1-11H2. The molecular formula is C14H25NOS. The normalized spacial score (nSPS) is 37.2. The number of rotatable bonds is 3. The summed E-state index contributed by atoms with van der Waals surface area (Å²) in [5.74, 6) is 1.07. The van der Waals surface area contributed by atoms with Crippen LogP contribution in [0.4, 0.5) is 0 Å². The quantitative estimate of drug-likeness (QED) is 0.779. The van der Waals surface area contributed by atoms with Crippen LogP contribution in [0, 0.1) is 5.41 Å². The monoisotopic (exact) mass is 255 g/mol. The Hall–Kier alpha value is 0.270. The molecule has 0 bridgehead atoms. The van der Waals surface area contributed by atoms with Gasteiger partial charge in [0.05, 0.1) is 12.7 Å². The third-order valence-corrected chi connectivity index (χ3v) is 5.81. The van der Waals surface area contributed by atoms with Gasteiger partial charge < -0.3 is 4.74 Å². The SMILES string of the molecule is SCC1(CN2CCOC3CCCCC32)CCC1. The lowest BCUT2D eigenvalue weighted by Crippen LogP contribution is -2.56. The fourth-order valence-corrected chi connectivity index (χ4v) is 4.26. The van der Waals surface area contributed by atoms with Crippen LogP contribution in [0.2, 0.25) is 0 Å². The van der Waals surface area contributed by atoms with E-state index in [2.05, 4.69) is 17.5 Å². The fraction of sp³-hybridized carbons (Fsp3) is 1.00. The molecule has 0 aromatic heterocycles. The van der Waals surface area contributed by atoms with Crippen molar-refractivity contribution in [2.45, 2.75) is 57.1 Å². The van der Waals surface area contributed by atoms with Gasteiger partial charge in [-0.05, 0) is 36.9 Å². The summed E-state index contributed by atoms with van der Waals surface area (Å²) in [6.07, 6.45) is 10.1. The summed E-state index contributed by atoms with van der Waals surface area (Å²) < 4.78 is 5.95. The molecule has 1 heterocycles. The predicted octanol–water partition coefficient (Wildman–Crippen LogP) is 2.73. The van der Waals surface area contributed by atoms with Crippen LogP contribution < -0.4 is 0 Å². The molecule has 0 amide bonds. The van der Waals surface area contributed by atoms with Gasteiger partial charge in [0.15, 0.2) is 0 Å². The molecule has 0 aromatic carbocycles. The van der Waals surface area contributed by atoms with Crippen molar-refractivity contribution in [3.63, 3.8) is 0 Å². The van der Waals surface area contributed by atoms with Gasteiger partial charge in [0.25, 0.3) is 0 Å². The molecule has 3 rings (SSSR count). The maximum atomic E-state index is 5.95. The summed E-state index contributed by atoms with van der Waals surface area (Å²) in [6.45, 7) is 3.38. The number of hydrogen-bond donors (Lipinski definition) is 1. The molecule has 17 heavy (non-hydrogen) atoms. The number of ether oxygens (including phenoxy) is 1. The number of fused-ring (bicyclic) bond motifs is 1. The zero-order chi connectivity index (χ0) is 11.7. The Bertz CT molecular complexity index is 259. The molecule has 1 aliphatic heterocycles. The van der Waals surface area contributed by atoms with Crippen LogP contribution in [0.15, 0.2) is 0 Å². The summed E-state index contributed by atoms with van der Waals surface area (Å²) in [5, 5.41) is 0. The lowest BCUT2D eigenvalue weighted by Gasteiger charge is -2.50. The molecule has 2 unspecified atom stereocenters. The van der Waals surface area contributed by atoms with Crippen molar-refractivity contribution < 1.29 is 4.74 Å². The van der Waals surface area contributed by atoms with Gasteiger partial charge in [-0.1, -0.05) is 19.3 Å². The maximum absolute atomic E-state index is 5.95. The molecule has 1 saturated heterocycles. The first-order valence-electron chi connectivity index (χ1n) is 7.30. The second-order valence-electron chi connectivity index (χ2n) is 6.24. The van der Waals surface area contributed by atoms with E-state index in [0.717, 1.165) is 24.9 Å². The van der Waals surface area contributed by atoms with Gasteiger partial charge in [-0.3, -0.25) is 4.90 Å². The molecule has 3 aliphatic rings. The van der Waals surface area contributed by atoms with Crippen molar-refractivity contribution in [1.82, 2.24) is 4.90 Å². The third kappa shape index (κ3) is 2.39. The van der Waals surface area contributed by atoms with E-state index in [-0.39, 0.29) is 0 Å². The van der Waals surface area contributed by atoms with E-state index in [0.29, 0.717) is 11.5 Å². The summed E-state index contributed by atoms with van der Waals surface area (Å²) in [6, 6.07) is 0.717. The van der Waals surface area contributed by atoms with Crippen LogP contribution in [0.3, 0.4) is 0 Å². The summed E-state index contributed by atoms with van der Waals surface area (Å²) in [4.78, 5) is 2.74. The van der Waals surface area contributed by atoms with Crippen molar-refractivity contribution in [2.24, 2.45) is 5.41 Å². The highest BCUT2D eigenvalue weighted by Gasteiger charge is 2.41. The first kappa shape index (κ1) is 12.3. The molecule has 2 aliphatic carbocycles. The Morgan fingerprint density at radius 2 is 2.00 bits per heavy atom. The van der Waals surface area contributed by atoms with E-state index in [4.69, 9.17) is 4.74 Å². The van der Waals surface area contributed by atoms with Gasteiger partial charge in [-0.15, -0.1) is 0 Å². The summed E-state index contributed by atoms with van der Waals surface area (Å²) in [7, 11) is 0. The molecule has 2 nitrogen and oxygen atoms in total. The average Bonchev–Trinajstić information content (AvgIpc) is 2.34. The number of morpholine rings is 1. The highest BCUT2D eigenvalue weighted by Crippen LogP contribution is 2.43. The molecule has 2 saturated carbocycles. The minimum absolute atomic E-state index is 0.537. The first-order chi connectivity index (χ1) is 8.33. The molecule has 0 radical (unpaired) electrons. The smallest absolute Gasteiger partial charge is 0.0730 e. The zero-order valence-electron chi connectivity index (χ0n) is 10.7. The maximum Gasteiger partial charge on any atom is 0.0730 e. The van der Waals surface area contributed by atoms with Crippen LogP contribution in [0.25, 0.3) is 0 Å². The van der Waals surface area contributed by atoms with Gasteiger partial charge in [-0.25, -0.2) is 0 Å². The Labute approximate surface area is 110 Å². The molecule has 2 atom stereocenters. The van der Waals surface area contributed by atoms with Gasteiger partial charge in [0, 0.05) is 19.1 Å². The highest BCUT2D eigenvalue weighted by molar-refractivity contribution is 7.80. The largest absolute Gasteiger partial charge is 0.375 e. The van der Waals surface area contributed by atoms with Gasteiger partial charge in [0.1, 0.15) is 0 Å². The molecular weight excluding hydrogens is 230 g/mol. The van der Waals surface area contributed by atoms with Crippen molar-refractivity contribution >= 4 is 12.6 Å². The number of hydrogen-bond acceptors (Lipinski definition) is 3. The van der Waals surface area contributed by atoms with Crippen molar-refractivity contribution in [3.05, 3.63) is 0 Å². The Morgan fingerprint density at radius 3 is 2.71 bits per heavy atom. The minimum Gasteiger partial charge on any atom is -0.375 e. The fourth-order valence-electron chi connectivity index (χ4n) is 3.85. The summed E-state index contributed by atoms with van der Waals surface area (Å²) in [5.41, 5.74) is 0.544. The predicted molar refractivity (Wildman–Crippen MR) is 73.7 cm³/mol. The zero-order valence-corrected chi connectivity index (χ0v) is 11.6. The third-order valence-electron chi connectivity index (χ3n) is 5.14. The molecule has 98 valence electrons. The van der Waals surface area contributed by atoms with Gasteiger partial charge in [0.2, 0.25) is 0 Å². The van der Waals surface area contributed by atoms with Crippen LogP contribution in [0.1, 0.15) is 44.9 Å². The number of nitrogens with zero attached hydrogens (tertiary/aromatic N) is 1. The second kappa shape index (κ2) is 5.10. The molecule has 0 spiro atoms. The molecule has 0 aromatic rings. The van der Waals surface area contributed by atoms with Gasteiger partial charge >= 0.3 is 0 Å². The molecule has 3 heteroatoms. The molecule has 0 N–H and O–H groups in total. The van der Waals surface area contributed by atoms with E-state index in [9.17, 15) is 0 Å². The van der Waals surface area contributed by atoms with Crippen LogP contribution in [-0.2, 0) is 4.74 Å². The minimum atomic E-state index is 0.537. The average molecular weight is 255 g/mol. The second-order valence-corrected chi connectivity index (χ2v) is 6.56. The highest BCUT2D eigenvalue weighted by atomic mass is 32.1. The van der Waals surface area contributed by atoms with Crippen LogP contribution >= 0.6 is 12.6 Å².